The lowest BCUT2D eigenvalue weighted by atomic mass is 9.78. The number of ether oxygens (including phenoxy) is 1. The van der Waals surface area contributed by atoms with Crippen molar-refractivity contribution in [2.45, 2.75) is 57.2 Å². The molecule has 0 aromatic carbocycles. The number of hydrogen-bond donors (Lipinski definition) is 0. The molecule has 2 fully saturated rings. The largest absolute Gasteiger partial charge is 0.364 e. The third kappa shape index (κ3) is 1.78. The van der Waals surface area contributed by atoms with E-state index in [2.05, 4.69) is 6.92 Å². The Labute approximate surface area is 79.7 Å². The third-order valence-corrected chi connectivity index (χ3v) is 3.62. The summed E-state index contributed by atoms with van der Waals surface area (Å²) in [6, 6.07) is 0. The molecule has 1 saturated carbocycles. The molecular weight excluding hydrogens is 164 g/mol. The highest BCUT2D eigenvalue weighted by molar-refractivity contribution is 5.56. The van der Waals surface area contributed by atoms with Crippen LogP contribution < -0.4 is 0 Å². The van der Waals surface area contributed by atoms with Crippen molar-refractivity contribution in [1.29, 1.82) is 0 Å². The van der Waals surface area contributed by atoms with Crippen molar-refractivity contribution in [1.82, 2.24) is 0 Å². The van der Waals surface area contributed by atoms with E-state index in [1.807, 2.05) is 0 Å². The molecule has 1 unspecified atom stereocenters. The van der Waals surface area contributed by atoms with Gasteiger partial charge in [-0.3, -0.25) is 0 Å². The Bertz CT molecular complexity index is 192. The quantitative estimate of drug-likeness (QED) is 0.582. The van der Waals surface area contributed by atoms with Gasteiger partial charge < -0.3 is 9.53 Å². The first kappa shape index (κ1) is 9.20. The smallest absolute Gasteiger partial charge is 0.148 e. The van der Waals surface area contributed by atoms with E-state index in [0.717, 1.165) is 25.0 Å². The Morgan fingerprint density at radius 2 is 1.85 bits per heavy atom. The summed E-state index contributed by atoms with van der Waals surface area (Å²) in [6.07, 6.45) is 7.77. The van der Waals surface area contributed by atoms with Crippen molar-refractivity contribution in [3.8, 4) is 0 Å². The zero-order valence-corrected chi connectivity index (χ0v) is 8.29. The number of rotatable bonds is 1. The van der Waals surface area contributed by atoms with Crippen molar-refractivity contribution < 1.29 is 9.53 Å². The predicted octanol–water partition coefficient (Wildman–Crippen LogP) is 2.31. The summed E-state index contributed by atoms with van der Waals surface area (Å²) < 4.78 is 5.82. The summed E-state index contributed by atoms with van der Waals surface area (Å²) in [6.45, 7) is 2.30. The highest BCUT2D eigenvalue weighted by Crippen LogP contribution is 2.42. The highest BCUT2D eigenvalue weighted by Gasteiger charge is 2.41. The van der Waals surface area contributed by atoms with Crippen molar-refractivity contribution in [2.24, 2.45) is 5.92 Å². The van der Waals surface area contributed by atoms with Crippen LogP contribution in [0.2, 0.25) is 0 Å². The van der Waals surface area contributed by atoms with Gasteiger partial charge in [-0.25, -0.2) is 0 Å². The molecule has 1 aliphatic heterocycles. The normalized spacial score (nSPS) is 45.3. The molecule has 2 heteroatoms. The molecule has 2 nitrogen and oxygen atoms in total. The molecule has 1 aliphatic carbocycles. The fraction of sp³-hybridized carbons (Fsp3) is 0.909. The van der Waals surface area contributed by atoms with E-state index in [0.29, 0.717) is 0 Å². The van der Waals surface area contributed by atoms with E-state index >= 15 is 0 Å². The minimum Gasteiger partial charge on any atom is -0.364 e. The third-order valence-electron chi connectivity index (χ3n) is 3.62. The van der Waals surface area contributed by atoms with Crippen molar-refractivity contribution in [3.05, 3.63) is 0 Å². The van der Waals surface area contributed by atoms with Crippen molar-refractivity contribution in [2.75, 3.05) is 0 Å². The molecule has 74 valence electrons. The summed E-state index contributed by atoms with van der Waals surface area (Å²) in [5.41, 5.74) is 0.0953. The standard InChI is InChI=1S/C11H18O2/c1-9-2-5-11(6-3-9)7-4-10(8-12)13-11/h8-10H,2-7H2,1H3. The molecule has 0 amide bonds. The molecule has 2 aliphatic rings. The second-order valence-electron chi connectivity index (χ2n) is 4.70. The van der Waals surface area contributed by atoms with Gasteiger partial charge in [0.05, 0.1) is 5.60 Å². The number of carbonyl (C=O) groups is 1. The van der Waals surface area contributed by atoms with E-state index in [1.165, 1.54) is 25.7 Å². The van der Waals surface area contributed by atoms with Gasteiger partial charge in [-0.1, -0.05) is 6.92 Å². The molecule has 1 saturated heterocycles. The lowest BCUT2D eigenvalue weighted by molar-refractivity contribution is -0.125. The van der Waals surface area contributed by atoms with Crippen molar-refractivity contribution >= 4 is 6.29 Å². The molecule has 1 heterocycles. The monoisotopic (exact) mass is 182 g/mol. The topological polar surface area (TPSA) is 26.3 Å². The van der Waals surface area contributed by atoms with Crippen LogP contribution in [0, 0.1) is 5.92 Å². The van der Waals surface area contributed by atoms with Crippen LogP contribution >= 0.6 is 0 Å². The summed E-state index contributed by atoms with van der Waals surface area (Å²) in [5, 5.41) is 0. The van der Waals surface area contributed by atoms with Crippen LogP contribution in [-0.2, 0) is 9.53 Å². The predicted molar refractivity (Wildman–Crippen MR) is 50.5 cm³/mol. The first-order chi connectivity index (χ1) is 6.24. The fourth-order valence-electron chi connectivity index (χ4n) is 2.60. The van der Waals surface area contributed by atoms with Gasteiger partial charge in [-0.2, -0.15) is 0 Å². The first-order valence-electron chi connectivity index (χ1n) is 5.37. The number of hydrogen-bond acceptors (Lipinski definition) is 2. The van der Waals surface area contributed by atoms with Crippen LogP contribution in [-0.4, -0.2) is 18.0 Å². The highest BCUT2D eigenvalue weighted by atomic mass is 16.5. The van der Waals surface area contributed by atoms with E-state index in [-0.39, 0.29) is 11.7 Å². The maximum atomic E-state index is 10.6. The van der Waals surface area contributed by atoms with Gasteiger partial charge in [0.2, 0.25) is 0 Å². The van der Waals surface area contributed by atoms with Crippen LogP contribution in [0.4, 0.5) is 0 Å². The molecule has 0 aromatic rings. The van der Waals surface area contributed by atoms with Crippen LogP contribution in [0.25, 0.3) is 0 Å². The molecule has 1 atom stereocenters. The number of aldehydes is 1. The molecular formula is C11H18O2. The summed E-state index contributed by atoms with van der Waals surface area (Å²) >= 11 is 0. The molecule has 1 spiro atoms. The molecule has 0 aromatic heterocycles. The van der Waals surface area contributed by atoms with Gasteiger partial charge in [0.1, 0.15) is 12.4 Å². The van der Waals surface area contributed by atoms with E-state index in [4.69, 9.17) is 4.74 Å². The second kappa shape index (κ2) is 3.41. The fourth-order valence-corrected chi connectivity index (χ4v) is 2.60. The Kier molecular flexibility index (Phi) is 2.41. The summed E-state index contributed by atoms with van der Waals surface area (Å²) in [7, 11) is 0. The van der Waals surface area contributed by atoms with Crippen molar-refractivity contribution in [3.63, 3.8) is 0 Å². The first-order valence-corrected chi connectivity index (χ1v) is 5.37. The van der Waals surface area contributed by atoms with Crippen LogP contribution in [0.15, 0.2) is 0 Å². The van der Waals surface area contributed by atoms with Gasteiger partial charge in [-0.05, 0) is 44.4 Å². The van der Waals surface area contributed by atoms with Gasteiger partial charge in [0, 0.05) is 0 Å². The Hall–Kier alpha value is -0.370. The molecule has 0 N–H and O–H groups in total. The SMILES string of the molecule is CC1CCC2(CC1)CCC(C=O)O2. The second-order valence-corrected chi connectivity index (χ2v) is 4.70. The molecule has 0 bridgehead atoms. The zero-order valence-electron chi connectivity index (χ0n) is 8.29. The average Bonchev–Trinajstić information content (AvgIpc) is 2.55. The molecule has 13 heavy (non-hydrogen) atoms. The maximum absolute atomic E-state index is 10.6. The lowest BCUT2D eigenvalue weighted by Crippen LogP contribution is -2.34. The Balaban J connectivity index is 1.95. The molecule has 0 radical (unpaired) electrons. The van der Waals surface area contributed by atoms with E-state index in [1.54, 1.807) is 0 Å². The van der Waals surface area contributed by atoms with Crippen LogP contribution in [0.3, 0.4) is 0 Å². The Morgan fingerprint density at radius 3 is 2.38 bits per heavy atom. The van der Waals surface area contributed by atoms with Gasteiger partial charge >= 0.3 is 0 Å². The average molecular weight is 182 g/mol. The van der Waals surface area contributed by atoms with Gasteiger partial charge in [0.15, 0.2) is 0 Å². The molecule has 2 rings (SSSR count). The number of carbonyl (C=O) groups excluding carboxylic acids is 1. The van der Waals surface area contributed by atoms with Gasteiger partial charge in [-0.15, -0.1) is 0 Å². The zero-order chi connectivity index (χ0) is 9.31. The van der Waals surface area contributed by atoms with Gasteiger partial charge in [0.25, 0.3) is 0 Å². The minimum absolute atomic E-state index is 0.0953. The minimum atomic E-state index is -0.103. The van der Waals surface area contributed by atoms with Crippen LogP contribution in [0.5, 0.6) is 0 Å². The Morgan fingerprint density at radius 1 is 1.23 bits per heavy atom. The maximum Gasteiger partial charge on any atom is 0.148 e. The lowest BCUT2D eigenvalue weighted by Gasteiger charge is -2.35. The van der Waals surface area contributed by atoms with E-state index in [9.17, 15) is 4.79 Å². The van der Waals surface area contributed by atoms with Crippen LogP contribution in [0.1, 0.15) is 45.4 Å². The summed E-state index contributed by atoms with van der Waals surface area (Å²) in [5.74, 6) is 0.851. The summed E-state index contributed by atoms with van der Waals surface area (Å²) in [4.78, 5) is 10.6. The van der Waals surface area contributed by atoms with E-state index < -0.39 is 0 Å².